The smallest absolute Gasteiger partial charge is 0.416 e. The van der Waals surface area contributed by atoms with Gasteiger partial charge in [-0.2, -0.15) is 13.2 Å². The van der Waals surface area contributed by atoms with Crippen molar-refractivity contribution in [1.29, 1.82) is 0 Å². The molecule has 0 unspecified atom stereocenters. The van der Waals surface area contributed by atoms with Gasteiger partial charge in [0.2, 0.25) is 0 Å². The molecule has 28 heavy (non-hydrogen) atoms. The van der Waals surface area contributed by atoms with Crippen molar-refractivity contribution >= 4 is 17.6 Å². The average Bonchev–Trinajstić information content (AvgIpc) is 2.60. The summed E-state index contributed by atoms with van der Waals surface area (Å²) in [6.45, 7) is 1.78. The fraction of sp³-hybridized carbons (Fsp3) is 0.381. The summed E-state index contributed by atoms with van der Waals surface area (Å²) in [5.74, 6) is -0.734. The van der Waals surface area contributed by atoms with E-state index in [4.69, 9.17) is 11.6 Å². The van der Waals surface area contributed by atoms with Gasteiger partial charge in [-0.1, -0.05) is 35.9 Å². The van der Waals surface area contributed by atoms with Gasteiger partial charge in [0, 0.05) is 31.1 Å². The van der Waals surface area contributed by atoms with Gasteiger partial charge in [-0.3, -0.25) is 9.69 Å². The summed E-state index contributed by atoms with van der Waals surface area (Å²) in [7, 11) is 0. The molecule has 3 nitrogen and oxygen atoms in total. The van der Waals surface area contributed by atoms with Crippen molar-refractivity contribution < 1.29 is 23.1 Å². The Labute approximate surface area is 166 Å². The average molecular weight is 412 g/mol. The Kier molecular flexibility index (Phi) is 6.30. The Morgan fingerprint density at radius 2 is 1.86 bits per heavy atom. The zero-order chi connectivity index (χ0) is 20.3. The Bertz CT molecular complexity index is 823. The van der Waals surface area contributed by atoms with E-state index in [2.05, 4.69) is 4.90 Å². The number of nitrogens with zero attached hydrogens (tertiary/aromatic N) is 1. The van der Waals surface area contributed by atoms with Crippen LogP contribution in [0.3, 0.4) is 0 Å². The van der Waals surface area contributed by atoms with E-state index >= 15 is 0 Å². The Morgan fingerprint density at radius 1 is 1.14 bits per heavy atom. The highest BCUT2D eigenvalue weighted by atomic mass is 35.5. The van der Waals surface area contributed by atoms with Crippen molar-refractivity contribution in [3.63, 3.8) is 0 Å². The molecule has 2 aromatic carbocycles. The molecule has 2 atom stereocenters. The lowest BCUT2D eigenvalue weighted by Crippen LogP contribution is -2.39. The molecule has 2 aromatic rings. The number of alkyl halides is 3. The fourth-order valence-electron chi connectivity index (χ4n) is 3.89. The van der Waals surface area contributed by atoms with Crippen LogP contribution in [0.25, 0.3) is 0 Å². The number of carboxylic acids is 1. The van der Waals surface area contributed by atoms with Crippen molar-refractivity contribution in [3.05, 3.63) is 70.2 Å². The molecule has 1 aliphatic rings. The van der Waals surface area contributed by atoms with Gasteiger partial charge in [-0.15, -0.1) is 0 Å². The third-order valence-electron chi connectivity index (χ3n) is 5.08. The maximum Gasteiger partial charge on any atom is 0.416 e. The van der Waals surface area contributed by atoms with Crippen molar-refractivity contribution in [1.82, 2.24) is 4.90 Å². The maximum atomic E-state index is 12.7. The van der Waals surface area contributed by atoms with Crippen LogP contribution in [0.4, 0.5) is 13.2 Å². The number of likely N-dealkylation sites (tertiary alicyclic amines) is 1. The fourth-order valence-corrected chi connectivity index (χ4v) is 4.08. The standard InChI is InChI=1S/C21H21ClF3NO2/c22-19-3-1-2-16(10-19)17-8-15(9-20(27)28)12-26(13-17)11-14-4-6-18(7-5-14)21(23,24)25/h1-7,10,15,17H,8-9,11-13H2,(H,27,28)/t15-,17+/m1/s1. The van der Waals surface area contributed by atoms with E-state index in [1.165, 1.54) is 12.1 Å². The largest absolute Gasteiger partial charge is 0.481 e. The summed E-state index contributed by atoms with van der Waals surface area (Å²) in [5.41, 5.74) is 1.16. The Balaban J connectivity index is 1.76. The van der Waals surface area contributed by atoms with Crippen LogP contribution in [-0.2, 0) is 17.5 Å². The van der Waals surface area contributed by atoms with Crippen LogP contribution >= 0.6 is 11.6 Å². The molecule has 3 rings (SSSR count). The van der Waals surface area contributed by atoms with Gasteiger partial charge in [-0.05, 0) is 53.6 Å². The molecule has 0 spiro atoms. The molecule has 1 saturated heterocycles. The zero-order valence-corrected chi connectivity index (χ0v) is 15.9. The van der Waals surface area contributed by atoms with Crippen molar-refractivity contribution in [2.45, 2.75) is 31.5 Å². The normalized spacial score (nSPS) is 20.9. The van der Waals surface area contributed by atoms with Gasteiger partial charge >= 0.3 is 12.1 Å². The quantitative estimate of drug-likeness (QED) is 0.712. The molecule has 0 saturated carbocycles. The summed E-state index contributed by atoms with van der Waals surface area (Å²) in [4.78, 5) is 13.3. The van der Waals surface area contributed by atoms with Crippen LogP contribution in [0.1, 0.15) is 35.4 Å². The van der Waals surface area contributed by atoms with Crippen molar-refractivity contribution in [2.75, 3.05) is 13.1 Å². The molecule has 0 bridgehead atoms. The van der Waals surface area contributed by atoms with Crippen LogP contribution in [0, 0.1) is 5.92 Å². The SMILES string of the molecule is O=C(O)C[C@H]1C[C@H](c2cccc(Cl)c2)CN(Cc2ccc(C(F)(F)F)cc2)C1. The summed E-state index contributed by atoms with van der Waals surface area (Å²) < 4.78 is 38.2. The number of aliphatic carboxylic acids is 1. The Hall–Kier alpha value is -2.05. The first-order valence-corrected chi connectivity index (χ1v) is 9.44. The molecule has 1 aliphatic heterocycles. The number of carbonyl (C=O) groups is 1. The lowest BCUT2D eigenvalue weighted by Gasteiger charge is -2.37. The highest BCUT2D eigenvalue weighted by Gasteiger charge is 2.31. The number of halogens is 4. The molecule has 0 radical (unpaired) electrons. The molecule has 0 aliphatic carbocycles. The lowest BCUT2D eigenvalue weighted by atomic mass is 9.83. The van der Waals surface area contributed by atoms with Crippen LogP contribution in [-0.4, -0.2) is 29.1 Å². The van der Waals surface area contributed by atoms with Crippen LogP contribution in [0.15, 0.2) is 48.5 Å². The summed E-state index contributed by atoms with van der Waals surface area (Å²) in [6.07, 6.45) is -3.54. The van der Waals surface area contributed by atoms with E-state index < -0.39 is 17.7 Å². The molecule has 0 aromatic heterocycles. The summed E-state index contributed by atoms with van der Waals surface area (Å²) in [5, 5.41) is 9.83. The third-order valence-corrected chi connectivity index (χ3v) is 5.32. The molecule has 1 fully saturated rings. The highest BCUT2D eigenvalue weighted by molar-refractivity contribution is 6.30. The predicted molar refractivity (Wildman–Crippen MR) is 101 cm³/mol. The van der Waals surface area contributed by atoms with E-state index in [-0.39, 0.29) is 18.3 Å². The zero-order valence-electron chi connectivity index (χ0n) is 15.1. The molecule has 1 N–H and O–H groups in total. The first-order chi connectivity index (χ1) is 13.2. The molecular weight excluding hydrogens is 391 g/mol. The molecule has 7 heteroatoms. The predicted octanol–water partition coefficient (Wildman–Crippen LogP) is 5.44. The van der Waals surface area contributed by atoms with Gasteiger partial charge in [0.25, 0.3) is 0 Å². The minimum absolute atomic E-state index is 0.0234. The lowest BCUT2D eigenvalue weighted by molar-refractivity contribution is -0.139. The topological polar surface area (TPSA) is 40.5 Å². The van der Waals surface area contributed by atoms with Gasteiger partial charge in [0.05, 0.1) is 5.56 Å². The van der Waals surface area contributed by atoms with Crippen molar-refractivity contribution in [2.24, 2.45) is 5.92 Å². The monoisotopic (exact) mass is 411 g/mol. The van der Waals surface area contributed by atoms with Crippen molar-refractivity contribution in [3.8, 4) is 0 Å². The first kappa shape index (κ1) is 20.7. The second-order valence-electron chi connectivity index (χ2n) is 7.34. The van der Waals surface area contributed by atoms with Gasteiger partial charge < -0.3 is 5.11 Å². The number of piperidine rings is 1. The van der Waals surface area contributed by atoms with E-state index in [0.717, 1.165) is 29.7 Å². The number of rotatable bonds is 5. The second-order valence-corrected chi connectivity index (χ2v) is 7.78. The second kappa shape index (κ2) is 8.53. The van der Waals surface area contributed by atoms with Crippen LogP contribution in [0.2, 0.25) is 5.02 Å². The van der Waals surface area contributed by atoms with Crippen LogP contribution < -0.4 is 0 Å². The number of benzene rings is 2. The summed E-state index contributed by atoms with van der Waals surface area (Å²) in [6, 6.07) is 12.7. The van der Waals surface area contributed by atoms with E-state index in [1.54, 1.807) is 6.07 Å². The van der Waals surface area contributed by atoms with Gasteiger partial charge in [0.1, 0.15) is 0 Å². The number of carboxylic acid groups (broad SMARTS) is 1. The third kappa shape index (κ3) is 5.49. The van der Waals surface area contributed by atoms with E-state index in [0.29, 0.717) is 24.7 Å². The minimum Gasteiger partial charge on any atom is -0.481 e. The van der Waals surface area contributed by atoms with E-state index in [9.17, 15) is 23.1 Å². The molecule has 1 heterocycles. The maximum absolute atomic E-state index is 12.7. The number of hydrogen-bond acceptors (Lipinski definition) is 2. The molecule has 150 valence electrons. The summed E-state index contributed by atoms with van der Waals surface area (Å²) >= 11 is 6.10. The minimum atomic E-state index is -4.35. The highest BCUT2D eigenvalue weighted by Crippen LogP contribution is 2.34. The molecular formula is C21H21ClF3NO2. The Morgan fingerprint density at radius 3 is 2.46 bits per heavy atom. The van der Waals surface area contributed by atoms with Gasteiger partial charge in [-0.25, -0.2) is 0 Å². The molecule has 0 amide bonds. The number of hydrogen-bond donors (Lipinski definition) is 1. The van der Waals surface area contributed by atoms with Crippen LogP contribution in [0.5, 0.6) is 0 Å². The first-order valence-electron chi connectivity index (χ1n) is 9.06. The van der Waals surface area contributed by atoms with E-state index in [1.807, 2.05) is 18.2 Å². The van der Waals surface area contributed by atoms with Gasteiger partial charge in [0.15, 0.2) is 0 Å².